The molecular weight excluding hydrogens is 390 g/mol. The number of ether oxygens (including phenoxy) is 2. The molecule has 1 amide bonds. The van der Waals surface area contributed by atoms with Gasteiger partial charge in [-0.05, 0) is 17.7 Å². The highest BCUT2D eigenvalue weighted by Crippen LogP contribution is 2.31. The lowest BCUT2D eigenvalue weighted by atomic mass is 10.1. The third kappa shape index (κ3) is 4.11. The van der Waals surface area contributed by atoms with Crippen molar-refractivity contribution in [3.63, 3.8) is 0 Å². The van der Waals surface area contributed by atoms with Gasteiger partial charge in [0, 0.05) is 10.0 Å². The summed E-state index contributed by atoms with van der Waals surface area (Å²) >= 11 is 3.30. The van der Waals surface area contributed by atoms with Gasteiger partial charge in [0.2, 0.25) is 0 Å². The van der Waals surface area contributed by atoms with Crippen LogP contribution in [0.4, 0.5) is 4.79 Å². The minimum atomic E-state index is -1.07. The van der Waals surface area contributed by atoms with Crippen LogP contribution >= 0.6 is 15.9 Å². The SMILES string of the molecule is O=C(O)c1cc(Br)cc2c1OCCN(C(=O)OCc1ccccc1)C2. The van der Waals surface area contributed by atoms with Gasteiger partial charge in [0.05, 0.1) is 13.1 Å². The van der Waals surface area contributed by atoms with Crippen molar-refractivity contribution in [2.45, 2.75) is 13.2 Å². The average molecular weight is 406 g/mol. The Bertz CT molecular complexity index is 794. The van der Waals surface area contributed by atoms with Gasteiger partial charge in [0.15, 0.2) is 0 Å². The van der Waals surface area contributed by atoms with Crippen molar-refractivity contribution in [2.24, 2.45) is 0 Å². The Morgan fingerprint density at radius 1 is 1.24 bits per heavy atom. The van der Waals surface area contributed by atoms with Crippen molar-refractivity contribution >= 4 is 28.0 Å². The van der Waals surface area contributed by atoms with Gasteiger partial charge in [-0.1, -0.05) is 46.3 Å². The number of carboxylic acid groups (broad SMARTS) is 1. The van der Waals surface area contributed by atoms with Gasteiger partial charge in [-0.3, -0.25) is 0 Å². The van der Waals surface area contributed by atoms with Crippen LogP contribution in [0.1, 0.15) is 21.5 Å². The monoisotopic (exact) mass is 405 g/mol. The van der Waals surface area contributed by atoms with Gasteiger partial charge in [0.25, 0.3) is 0 Å². The highest BCUT2D eigenvalue weighted by molar-refractivity contribution is 9.10. The zero-order valence-electron chi connectivity index (χ0n) is 13.3. The van der Waals surface area contributed by atoms with Crippen LogP contribution in [0.15, 0.2) is 46.9 Å². The first-order chi connectivity index (χ1) is 12.0. The molecule has 0 saturated carbocycles. The van der Waals surface area contributed by atoms with Gasteiger partial charge >= 0.3 is 12.1 Å². The molecule has 0 atom stereocenters. The molecule has 0 aliphatic carbocycles. The first-order valence-corrected chi connectivity index (χ1v) is 8.48. The number of rotatable bonds is 3. The number of carboxylic acids is 1. The van der Waals surface area contributed by atoms with Crippen molar-refractivity contribution in [1.29, 1.82) is 0 Å². The molecule has 2 aromatic rings. The Morgan fingerprint density at radius 2 is 2.00 bits per heavy atom. The van der Waals surface area contributed by atoms with Gasteiger partial charge in [-0.15, -0.1) is 0 Å². The first kappa shape index (κ1) is 17.3. The molecule has 130 valence electrons. The Hall–Kier alpha value is -2.54. The minimum Gasteiger partial charge on any atom is -0.490 e. The summed E-state index contributed by atoms with van der Waals surface area (Å²) in [5.74, 6) is -0.772. The quantitative estimate of drug-likeness (QED) is 0.842. The Kier molecular flexibility index (Phi) is 5.23. The summed E-state index contributed by atoms with van der Waals surface area (Å²) in [6.07, 6.45) is -0.461. The summed E-state index contributed by atoms with van der Waals surface area (Å²) in [5, 5.41) is 9.34. The van der Waals surface area contributed by atoms with E-state index in [2.05, 4.69) is 15.9 Å². The molecule has 1 N–H and O–H groups in total. The Morgan fingerprint density at radius 3 is 2.72 bits per heavy atom. The predicted molar refractivity (Wildman–Crippen MR) is 93.6 cm³/mol. The number of hydrogen-bond donors (Lipinski definition) is 1. The number of halogens is 1. The second-order valence-electron chi connectivity index (χ2n) is 5.56. The van der Waals surface area contributed by atoms with E-state index in [9.17, 15) is 14.7 Å². The molecule has 0 radical (unpaired) electrons. The molecule has 1 aliphatic heterocycles. The number of benzene rings is 2. The van der Waals surface area contributed by atoms with E-state index in [0.717, 1.165) is 5.56 Å². The van der Waals surface area contributed by atoms with E-state index < -0.39 is 12.1 Å². The molecule has 25 heavy (non-hydrogen) atoms. The molecule has 6 nitrogen and oxygen atoms in total. The summed E-state index contributed by atoms with van der Waals surface area (Å²) in [6, 6.07) is 12.7. The van der Waals surface area contributed by atoms with E-state index >= 15 is 0 Å². The van der Waals surface area contributed by atoms with Crippen molar-refractivity contribution < 1.29 is 24.2 Å². The molecule has 0 saturated heterocycles. The fourth-order valence-electron chi connectivity index (χ4n) is 2.61. The van der Waals surface area contributed by atoms with Crippen molar-refractivity contribution in [1.82, 2.24) is 4.90 Å². The number of amides is 1. The lowest BCUT2D eigenvalue weighted by Gasteiger charge is -2.19. The van der Waals surface area contributed by atoms with E-state index in [-0.39, 0.29) is 25.3 Å². The maximum atomic E-state index is 12.4. The maximum Gasteiger partial charge on any atom is 0.410 e. The van der Waals surface area contributed by atoms with E-state index in [1.807, 2.05) is 30.3 Å². The standard InChI is InChI=1S/C18H16BrNO5/c19-14-8-13-10-20(6-7-24-16(13)15(9-14)17(21)22)18(23)25-11-12-4-2-1-3-5-12/h1-5,8-9H,6-7,10-11H2,(H,21,22). The molecule has 2 aromatic carbocycles. The summed E-state index contributed by atoms with van der Waals surface area (Å²) in [5.41, 5.74) is 1.60. The number of carbonyl (C=O) groups is 2. The minimum absolute atomic E-state index is 0.0730. The summed E-state index contributed by atoms with van der Waals surface area (Å²) in [6.45, 7) is 0.930. The van der Waals surface area contributed by atoms with Crippen molar-refractivity contribution in [2.75, 3.05) is 13.2 Å². The molecule has 0 bridgehead atoms. The van der Waals surface area contributed by atoms with Crippen LogP contribution in [0.3, 0.4) is 0 Å². The van der Waals surface area contributed by atoms with Crippen molar-refractivity contribution in [3.05, 3.63) is 63.6 Å². The van der Waals surface area contributed by atoms with E-state index in [0.29, 0.717) is 22.3 Å². The highest BCUT2D eigenvalue weighted by Gasteiger charge is 2.25. The van der Waals surface area contributed by atoms with Crippen LogP contribution in [0, 0.1) is 0 Å². The molecule has 3 rings (SSSR count). The third-order valence-corrected chi connectivity index (χ3v) is 4.25. The van der Waals surface area contributed by atoms with E-state index in [4.69, 9.17) is 9.47 Å². The highest BCUT2D eigenvalue weighted by atomic mass is 79.9. The predicted octanol–water partition coefficient (Wildman–Crippen LogP) is 3.68. The Labute approximate surface area is 153 Å². The number of nitrogens with zero attached hydrogens (tertiary/aromatic N) is 1. The number of carbonyl (C=O) groups excluding carboxylic acids is 1. The summed E-state index contributed by atoms with van der Waals surface area (Å²) in [4.78, 5) is 25.3. The van der Waals surface area contributed by atoms with Crippen LogP contribution in [0.2, 0.25) is 0 Å². The van der Waals surface area contributed by atoms with Gasteiger partial charge in [-0.2, -0.15) is 0 Å². The number of aromatic carboxylic acids is 1. The smallest absolute Gasteiger partial charge is 0.410 e. The van der Waals surface area contributed by atoms with Crippen LogP contribution in [-0.4, -0.2) is 35.2 Å². The van der Waals surface area contributed by atoms with E-state index in [1.165, 1.54) is 11.0 Å². The fourth-order valence-corrected chi connectivity index (χ4v) is 3.11. The molecule has 7 heteroatoms. The van der Waals surface area contributed by atoms with E-state index in [1.54, 1.807) is 6.07 Å². The molecule has 1 heterocycles. The van der Waals surface area contributed by atoms with Gasteiger partial charge in [0.1, 0.15) is 24.5 Å². The third-order valence-electron chi connectivity index (χ3n) is 3.79. The zero-order chi connectivity index (χ0) is 17.8. The first-order valence-electron chi connectivity index (χ1n) is 7.68. The number of hydrogen-bond acceptors (Lipinski definition) is 4. The molecule has 0 spiro atoms. The number of fused-ring (bicyclic) bond motifs is 1. The van der Waals surface area contributed by atoms with Gasteiger partial charge in [-0.25, -0.2) is 9.59 Å². The molecular formula is C18H16BrNO5. The topological polar surface area (TPSA) is 76.1 Å². The second-order valence-corrected chi connectivity index (χ2v) is 6.47. The lowest BCUT2D eigenvalue weighted by Crippen LogP contribution is -2.32. The lowest BCUT2D eigenvalue weighted by molar-refractivity contribution is 0.0691. The van der Waals surface area contributed by atoms with Crippen LogP contribution in [0.25, 0.3) is 0 Å². The van der Waals surface area contributed by atoms with Crippen LogP contribution in [0.5, 0.6) is 5.75 Å². The summed E-state index contributed by atoms with van der Waals surface area (Å²) in [7, 11) is 0. The molecule has 0 unspecified atom stereocenters. The fraction of sp³-hybridized carbons (Fsp3) is 0.222. The second kappa shape index (κ2) is 7.57. The molecule has 1 aliphatic rings. The normalized spacial score (nSPS) is 13.4. The largest absolute Gasteiger partial charge is 0.490 e. The van der Waals surface area contributed by atoms with Crippen molar-refractivity contribution in [3.8, 4) is 5.75 Å². The maximum absolute atomic E-state index is 12.4. The van der Waals surface area contributed by atoms with Crippen LogP contribution < -0.4 is 4.74 Å². The van der Waals surface area contributed by atoms with Gasteiger partial charge < -0.3 is 19.5 Å². The zero-order valence-corrected chi connectivity index (χ0v) is 14.9. The molecule has 0 fully saturated rings. The molecule has 0 aromatic heterocycles. The van der Waals surface area contributed by atoms with Crippen LogP contribution in [-0.2, 0) is 17.9 Å². The summed E-state index contributed by atoms with van der Waals surface area (Å²) < 4.78 is 11.6. The Balaban J connectivity index is 1.75. The average Bonchev–Trinajstić information content (AvgIpc) is 2.82.